The molecule has 0 amide bonds. The average molecular weight is 691 g/mol. The maximum Gasteiger partial charge on any atom is 0.140 e. The van der Waals surface area contributed by atoms with Crippen molar-refractivity contribution in [2.24, 2.45) is 0 Å². The lowest BCUT2D eigenvalue weighted by molar-refractivity contribution is 0.628. The Morgan fingerprint density at radius 1 is 0.333 bits per heavy atom. The third-order valence-corrected chi connectivity index (χ3v) is 11.2. The van der Waals surface area contributed by atoms with Crippen LogP contribution < -0.4 is 9.80 Å². The molecule has 54 heavy (non-hydrogen) atoms. The van der Waals surface area contributed by atoms with Crippen LogP contribution in [0.25, 0.3) is 33.4 Å². The van der Waals surface area contributed by atoms with Gasteiger partial charge in [-0.05, 0) is 113 Å². The van der Waals surface area contributed by atoms with Crippen LogP contribution in [0.3, 0.4) is 0 Å². The van der Waals surface area contributed by atoms with E-state index in [9.17, 15) is 0 Å². The summed E-state index contributed by atoms with van der Waals surface area (Å²) in [7, 11) is 0. The van der Waals surface area contributed by atoms with Crippen LogP contribution >= 0.6 is 0 Å². The molecule has 8 aromatic carbocycles. The predicted octanol–water partition coefficient (Wildman–Crippen LogP) is 13.7. The van der Waals surface area contributed by atoms with Crippen LogP contribution in [0.1, 0.15) is 22.3 Å². The Labute approximate surface area is 314 Å². The molecule has 0 fully saturated rings. The van der Waals surface area contributed by atoms with Crippen molar-refractivity contribution in [3.05, 3.63) is 229 Å². The predicted molar refractivity (Wildman–Crippen MR) is 222 cm³/mol. The van der Waals surface area contributed by atoms with Crippen molar-refractivity contribution in [1.29, 1.82) is 0 Å². The van der Waals surface area contributed by atoms with Gasteiger partial charge in [-0.25, -0.2) is 0 Å². The molecule has 3 nitrogen and oxygen atoms in total. The molecule has 0 radical (unpaired) electrons. The van der Waals surface area contributed by atoms with Gasteiger partial charge in [-0.3, -0.25) is 0 Å². The van der Waals surface area contributed by atoms with Gasteiger partial charge >= 0.3 is 0 Å². The molecule has 0 saturated heterocycles. The van der Waals surface area contributed by atoms with Crippen LogP contribution in [0.4, 0.5) is 34.1 Å². The summed E-state index contributed by atoms with van der Waals surface area (Å²) >= 11 is 0. The smallest absolute Gasteiger partial charge is 0.140 e. The molecule has 1 unspecified atom stereocenters. The molecule has 3 heteroatoms. The van der Waals surface area contributed by atoms with Gasteiger partial charge in [-0.1, -0.05) is 121 Å². The summed E-state index contributed by atoms with van der Waals surface area (Å²) in [6.45, 7) is 0. The summed E-state index contributed by atoms with van der Waals surface area (Å²) in [4.78, 5) is 4.72. The molecular formula is C51H34N2O. The van der Waals surface area contributed by atoms with Crippen molar-refractivity contribution in [2.75, 3.05) is 9.80 Å². The molecule has 1 aromatic heterocycles. The molecule has 0 aliphatic heterocycles. The van der Waals surface area contributed by atoms with Gasteiger partial charge in [-0.15, -0.1) is 0 Å². The van der Waals surface area contributed by atoms with Crippen molar-refractivity contribution >= 4 is 45.1 Å². The molecule has 254 valence electrons. The Bertz CT molecular complexity index is 2750. The van der Waals surface area contributed by atoms with Gasteiger partial charge in [0.2, 0.25) is 0 Å². The van der Waals surface area contributed by atoms with E-state index in [0.717, 1.165) is 56.4 Å². The Hall–Kier alpha value is -7.10. The average Bonchev–Trinajstić information content (AvgIpc) is 3.86. The van der Waals surface area contributed by atoms with E-state index < -0.39 is 5.41 Å². The molecule has 1 atom stereocenters. The van der Waals surface area contributed by atoms with E-state index >= 15 is 0 Å². The van der Waals surface area contributed by atoms with E-state index in [2.05, 4.69) is 216 Å². The number of nitrogens with zero attached hydrogens (tertiary/aromatic N) is 2. The van der Waals surface area contributed by atoms with Crippen molar-refractivity contribution in [2.45, 2.75) is 5.41 Å². The molecule has 2 aliphatic carbocycles. The first kappa shape index (κ1) is 30.5. The second-order valence-electron chi connectivity index (χ2n) is 14.1. The number of rotatable bonds is 6. The first-order valence-electron chi connectivity index (χ1n) is 18.5. The molecule has 1 spiro atoms. The maximum absolute atomic E-state index is 6.92. The Morgan fingerprint density at radius 3 is 1.31 bits per heavy atom. The fourth-order valence-electron chi connectivity index (χ4n) is 9.09. The van der Waals surface area contributed by atoms with Crippen LogP contribution in [0.5, 0.6) is 0 Å². The summed E-state index contributed by atoms with van der Waals surface area (Å²) in [5.41, 5.74) is 15.5. The quantitative estimate of drug-likeness (QED) is 0.173. The number of furan rings is 1. The molecule has 0 saturated carbocycles. The molecule has 0 bridgehead atoms. The molecule has 0 N–H and O–H groups in total. The summed E-state index contributed by atoms with van der Waals surface area (Å²) in [5.74, 6) is 0.944. The number of anilines is 6. The standard InChI is InChI=1S/C51H34N2O/c1-5-17-35(18-6-1)52(36-19-7-2-8-20-36)39-29-31-42-41-25-13-15-27-45(41)51(46(42)33-39)47-34-40(53(37-21-9-3-10-22-37)38-23-11-4-12-24-38)30-32-43(47)50-49(51)44-26-14-16-28-48(44)54-50/h1-34H. The maximum atomic E-state index is 6.92. The number of hydrogen-bond acceptors (Lipinski definition) is 3. The minimum atomic E-state index is -0.632. The highest BCUT2D eigenvalue weighted by molar-refractivity contribution is 6.03. The van der Waals surface area contributed by atoms with Gasteiger partial charge in [0.1, 0.15) is 11.3 Å². The first-order chi connectivity index (χ1) is 26.8. The lowest BCUT2D eigenvalue weighted by Gasteiger charge is -2.33. The van der Waals surface area contributed by atoms with Crippen LogP contribution in [-0.4, -0.2) is 0 Å². The zero-order valence-electron chi connectivity index (χ0n) is 29.4. The third kappa shape index (κ3) is 4.36. The zero-order chi connectivity index (χ0) is 35.6. The van der Waals surface area contributed by atoms with E-state index in [-0.39, 0.29) is 0 Å². The Balaban J connectivity index is 1.23. The molecule has 2 aliphatic rings. The number of benzene rings is 8. The lowest BCUT2D eigenvalue weighted by Crippen LogP contribution is -2.26. The minimum Gasteiger partial charge on any atom is -0.456 e. The second-order valence-corrected chi connectivity index (χ2v) is 14.1. The summed E-state index contributed by atoms with van der Waals surface area (Å²) in [5, 5.41) is 1.14. The topological polar surface area (TPSA) is 19.6 Å². The number of fused-ring (bicyclic) bond motifs is 12. The third-order valence-electron chi connectivity index (χ3n) is 11.2. The minimum absolute atomic E-state index is 0.632. The lowest BCUT2D eigenvalue weighted by atomic mass is 9.70. The SMILES string of the molecule is c1ccc(N(c2ccccc2)c2ccc3c(c2)C2(c4ccccc4-3)c3cc(N(c4ccccc4)c4ccccc4)ccc3-c3oc4ccccc4c32)cc1. The van der Waals surface area contributed by atoms with Crippen molar-refractivity contribution in [3.8, 4) is 22.5 Å². The normalized spacial score (nSPS) is 14.7. The van der Waals surface area contributed by atoms with Crippen molar-refractivity contribution in [3.63, 3.8) is 0 Å². The van der Waals surface area contributed by atoms with Crippen LogP contribution in [0, 0.1) is 0 Å². The fourth-order valence-corrected chi connectivity index (χ4v) is 9.09. The number of para-hydroxylation sites is 5. The highest BCUT2D eigenvalue weighted by Gasteiger charge is 2.54. The second kappa shape index (κ2) is 12.0. The van der Waals surface area contributed by atoms with Gasteiger partial charge in [0.25, 0.3) is 0 Å². The van der Waals surface area contributed by atoms with E-state index in [1.54, 1.807) is 0 Å². The van der Waals surface area contributed by atoms with Crippen LogP contribution in [0.15, 0.2) is 211 Å². The fraction of sp³-hybridized carbons (Fsp3) is 0.0196. The van der Waals surface area contributed by atoms with E-state index in [1.165, 1.54) is 33.4 Å². The largest absolute Gasteiger partial charge is 0.456 e. The van der Waals surface area contributed by atoms with E-state index in [1.807, 2.05) is 0 Å². The van der Waals surface area contributed by atoms with Gasteiger partial charge in [-0.2, -0.15) is 0 Å². The highest BCUT2D eigenvalue weighted by Crippen LogP contribution is 2.66. The Kier molecular flexibility index (Phi) is 6.77. The number of hydrogen-bond donors (Lipinski definition) is 0. The zero-order valence-corrected chi connectivity index (χ0v) is 29.4. The summed E-state index contributed by atoms with van der Waals surface area (Å²) < 4.78 is 6.92. The summed E-state index contributed by atoms with van der Waals surface area (Å²) in [6, 6.07) is 74.2. The van der Waals surface area contributed by atoms with Crippen LogP contribution in [-0.2, 0) is 5.41 Å². The monoisotopic (exact) mass is 690 g/mol. The van der Waals surface area contributed by atoms with Gasteiger partial charge < -0.3 is 14.2 Å². The van der Waals surface area contributed by atoms with E-state index in [4.69, 9.17) is 4.42 Å². The van der Waals surface area contributed by atoms with Gasteiger partial charge in [0.05, 0.1) is 5.41 Å². The summed E-state index contributed by atoms with van der Waals surface area (Å²) in [6.07, 6.45) is 0. The Morgan fingerprint density at radius 2 is 0.759 bits per heavy atom. The van der Waals surface area contributed by atoms with Gasteiger partial charge in [0, 0.05) is 50.6 Å². The molecule has 9 aromatic rings. The highest BCUT2D eigenvalue weighted by atomic mass is 16.3. The van der Waals surface area contributed by atoms with Crippen molar-refractivity contribution in [1.82, 2.24) is 0 Å². The molecule has 1 heterocycles. The van der Waals surface area contributed by atoms with E-state index in [0.29, 0.717) is 0 Å². The molecule has 11 rings (SSSR count). The van der Waals surface area contributed by atoms with Crippen LogP contribution in [0.2, 0.25) is 0 Å². The first-order valence-corrected chi connectivity index (χ1v) is 18.5. The van der Waals surface area contributed by atoms with Gasteiger partial charge in [0.15, 0.2) is 0 Å². The molecular weight excluding hydrogens is 657 g/mol. The van der Waals surface area contributed by atoms with Crippen molar-refractivity contribution < 1.29 is 4.42 Å².